The highest BCUT2D eigenvalue weighted by molar-refractivity contribution is 8.00. The highest BCUT2D eigenvalue weighted by Gasteiger charge is 2.08. The van der Waals surface area contributed by atoms with E-state index >= 15 is 0 Å². The summed E-state index contributed by atoms with van der Waals surface area (Å²) in [6, 6.07) is 10.8. The topological polar surface area (TPSA) is 118 Å². The standard InChI is InChI=1S/C15H11N3O5S/c19-14(8-24-11-4-2-10(3-5-11)18(21)22)16-9-1-6-13-12(7-9)17-15(20)23-13/h1-7H,8H2,(H,16,19)(H,17,20). The number of nitro groups is 1. The molecule has 0 bridgehead atoms. The minimum absolute atomic E-state index is 0.00575. The number of anilines is 1. The van der Waals surface area contributed by atoms with Crippen LogP contribution in [0.3, 0.4) is 0 Å². The molecule has 2 N–H and O–H groups in total. The molecule has 0 spiro atoms. The number of nitro benzene ring substituents is 1. The van der Waals surface area contributed by atoms with E-state index in [9.17, 15) is 19.7 Å². The summed E-state index contributed by atoms with van der Waals surface area (Å²) in [6.45, 7) is 0. The number of non-ortho nitro benzene ring substituents is 1. The van der Waals surface area contributed by atoms with Crippen molar-refractivity contribution in [3.8, 4) is 0 Å². The molecule has 0 fully saturated rings. The first-order valence-corrected chi connectivity index (χ1v) is 7.80. The van der Waals surface area contributed by atoms with Crippen LogP contribution in [0.2, 0.25) is 0 Å². The molecule has 0 aliphatic heterocycles. The molecule has 3 aromatic rings. The number of aromatic nitrogens is 1. The summed E-state index contributed by atoms with van der Waals surface area (Å²) in [5, 5.41) is 13.3. The molecule has 2 aromatic carbocycles. The third-order valence-electron chi connectivity index (χ3n) is 3.12. The minimum Gasteiger partial charge on any atom is -0.408 e. The number of benzene rings is 2. The van der Waals surface area contributed by atoms with Gasteiger partial charge < -0.3 is 9.73 Å². The van der Waals surface area contributed by atoms with Gasteiger partial charge in [0.1, 0.15) is 0 Å². The van der Waals surface area contributed by atoms with Crippen molar-refractivity contribution < 1.29 is 14.1 Å². The molecular formula is C15H11N3O5S. The van der Waals surface area contributed by atoms with Gasteiger partial charge in [-0.15, -0.1) is 11.8 Å². The zero-order valence-corrected chi connectivity index (χ0v) is 13.0. The second-order valence-corrected chi connectivity index (χ2v) is 5.86. The zero-order valence-electron chi connectivity index (χ0n) is 12.1. The summed E-state index contributed by atoms with van der Waals surface area (Å²) >= 11 is 1.26. The van der Waals surface area contributed by atoms with Crippen LogP contribution < -0.4 is 11.1 Å². The van der Waals surface area contributed by atoms with E-state index in [2.05, 4.69) is 10.3 Å². The van der Waals surface area contributed by atoms with Gasteiger partial charge in [-0.2, -0.15) is 0 Å². The first-order valence-electron chi connectivity index (χ1n) is 6.81. The molecule has 0 radical (unpaired) electrons. The molecule has 24 heavy (non-hydrogen) atoms. The van der Waals surface area contributed by atoms with Crippen molar-refractivity contribution in [2.45, 2.75) is 4.90 Å². The second kappa shape index (κ2) is 6.59. The number of hydrogen-bond acceptors (Lipinski definition) is 6. The van der Waals surface area contributed by atoms with Gasteiger partial charge in [-0.1, -0.05) is 0 Å². The lowest BCUT2D eigenvalue weighted by Gasteiger charge is -2.05. The number of rotatable bonds is 5. The molecule has 3 rings (SSSR count). The summed E-state index contributed by atoms with van der Waals surface area (Å²) in [6.07, 6.45) is 0. The van der Waals surface area contributed by atoms with Gasteiger partial charge in [0.15, 0.2) is 5.58 Å². The number of carbonyl (C=O) groups is 1. The molecule has 1 heterocycles. The van der Waals surface area contributed by atoms with Crippen LogP contribution in [0.5, 0.6) is 0 Å². The summed E-state index contributed by atoms with van der Waals surface area (Å²) in [5.74, 6) is -0.636. The van der Waals surface area contributed by atoms with Gasteiger partial charge >= 0.3 is 5.76 Å². The molecule has 0 atom stereocenters. The molecule has 1 amide bonds. The van der Waals surface area contributed by atoms with Crippen LogP contribution in [0.4, 0.5) is 11.4 Å². The summed E-state index contributed by atoms with van der Waals surface area (Å²) in [7, 11) is 0. The van der Waals surface area contributed by atoms with E-state index in [0.29, 0.717) is 16.8 Å². The zero-order chi connectivity index (χ0) is 17.1. The number of fused-ring (bicyclic) bond motifs is 1. The van der Waals surface area contributed by atoms with Crippen molar-refractivity contribution in [3.05, 3.63) is 63.1 Å². The van der Waals surface area contributed by atoms with E-state index in [4.69, 9.17) is 4.42 Å². The monoisotopic (exact) mass is 345 g/mol. The largest absolute Gasteiger partial charge is 0.417 e. The van der Waals surface area contributed by atoms with Gasteiger partial charge in [-0.05, 0) is 30.3 Å². The Bertz CT molecular complexity index is 961. The highest BCUT2D eigenvalue weighted by atomic mass is 32.2. The van der Waals surface area contributed by atoms with Crippen LogP contribution in [0.1, 0.15) is 0 Å². The van der Waals surface area contributed by atoms with E-state index < -0.39 is 10.7 Å². The summed E-state index contributed by atoms with van der Waals surface area (Å²) in [4.78, 5) is 36.4. The van der Waals surface area contributed by atoms with E-state index in [1.807, 2.05) is 0 Å². The average Bonchev–Trinajstić information content (AvgIpc) is 2.92. The molecule has 0 saturated heterocycles. The Kier molecular flexibility index (Phi) is 4.34. The van der Waals surface area contributed by atoms with Crippen LogP contribution in [0.15, 0.2) is 56.6 Å². The Balaban J connectivity index is 1.60. The van der Waals surface area contributed by atoms with E-state index in [1.165, 1.54) is 23.9 Å². The fourth-order valence-corrected chi connectivity index (χ4v) is 2.74. The van der Waals surface area contributed by atoms with Gasteiger partial charge in [0.2, 0.25) is 5.91 Å². The van der Waals surface area contributed by atoms with E-state index in [0.717, 1.165) is 4.90 Å². The molecule has 1 aromatic heterocycles. The van der Waals surface area contributed by atoms with Gasteiger partial charge in [0.25, 0.3) is 5.69 Å². The maximum absolute atomic E-state index is 12.0. The number of H-pyrrole nitrogens is 1. The normalized spacial score (nSPS) is 10.7. The highest BCUT2D eigenvalue weighted by Crippen LogP contribution is 2.22. The molecule has 0 saturated carbocycles. The van der Waals surface area contributed by atoms with Gasteiger partial charge in [0, 0.05) is 22.7 Å². The quantitative estimate of drug-likeness (QED) is 0.417. The molecular weight excluding hydrogens is 334 g/mol. The van der Waals surface area contributed by atoms with Gasteiger partial charge in [-0.25, -0.2) is 4.79 Å². The predicted molar refractivity (Wildman–Crippen MR) is 89.3 cm³/mol. The third kappa shape index (κ3) is 3.63. The number of aromatic amines is 1. The lowest BCUT2D eigenvalue weighted by molar-refractivity contribution is -0.384. The number of nitrogens with one attached hydrogen (secondary N) is 2. The maximum atomic E-state index is 12.0. The second-order valence-electron chi connectivity index (χ2n) is 4.81. The van der Waals surface area contributed by atoms with E-state index in [1.54, 1.807) is 30.3 Å². The Labute approximate surface area is 139 Å². The summed E-state index contributed by atoms with van der Waals surface area (Å²) in [5.41, 5.74) is 1.46. The molecule has 122 valence electrons. The fourth-order valence-electron chi connectivity index (χ4n) is 2.04. The first kappa shape index (κ1) is 15.8. The number of hydrogen-bond donors (Lipinski definition) is 2. The van der Waals surface area contributed by atoms with Crippen molar-refractivity contribution in [2.75, 3.05) is 11.1 Å². The lowest BCUT2D eigenvalue weighted by atomic mass is 10.3. The molecule has 0 aliphatic carbocycles. The molecule has 9 heteroatoms. The van der Waals surface area contributed by atoms with Crippen LogP contribution in [0.25, 0.3) is 11.1 Å². The maximum Gasteiger partial charge on any atom is 0.417 e. The number of amides is 1. The smallest absolute Gasteiger partial charge is 0.408 e. The van der Waals surface area contributed by atoms with Crippen molar-refractivity contribution in [1.29, 1.82) is 0 Å². The number of carbonyl (C=O) groups excluding carboxylic acids is 1. The number of thioether (sulfide) groups is 1. The number of oxazole rings is 1. The average molecular weight is 345 g/mol. The molecule has 0 aliphatic rings. The van der Waals surface area contributed by atoms with Crippen LogP contribution in [0, 0.1) is 10.1 Å². The van der Waals surface area contributed by atoms with Crippen LogP contribution in [-0.2, 0) is 4.79 Å². The first-order chi connectivity index (χ1) is 11.5. The Morgan fingerprint density at radius 3 is 2.71 bits per heavy atom. The SMILES string of the molecule is O=C(CSc1ccc([N+](=O)[O-])cc1)Nc1ccc2oc(=O)[nH]c2c1. The minimum atomic E-state index is -0.554. The van der Waals surface area contributed by atoms with Crippen molar-refractivity contribution in [1.82, 2.24) is 4.98 Å². The molecule has 0 unspecified atom stereocenters. The van der Waals surface area contributed by atoms with Crippen molar-refractivity contribution in [2.24, 2.45) is 0 Å². The Morgan fingerprint density at radius 2 is 2.00 bits per heavy atom. The van der Waals surface area contributed by atoms with Gasteiger partial charge in [0.05, 0.1) is 16.2 Å². The molecule has 8 nitrogen and oxygen atoms in total. The van der Waals surface area contributed by atoms with E-state index in [-0.39, 0.29) is 17.3 Å². The Hall–Kier alpha value is -3.07. The fraction of sp³-hybridized carbons (Fsp3) is 0.0667. The van der Waals surface area contributed by atoms with Crippen LogP contribution in [-0.4, -0.2) is 21.6 Å². The van der Waals surface area contributed by atoms with Crippen molar-refractivity contribution >= 4 is 40.1 Å². The predicted octanol–water partition coefficient (Wildman–Crippen LogP) is 2.76. The van der Waals surface area contributed by atoms with Crippen LogP contribution >= 0.6 is 11.8 Å². The van der Waals surface area contributed by atoms with Crippen molar-refractivity contribution in [3.63, 3.8) is 0 Å². The lowest BCUT2D eigenvalue weighted by Crippen LogP contribution is -2.13. The summed E-state index contributed by atoms with van der Waals surface area (Å²) < 4.78 is 4.88. The van der Waals surface area contributed by atoms with Gasteiger partial charge in [-0.3, -0.25) is 19.9 Å². The number of nitrogens with zero attached hydrogens (tertiary/aromatic N) is 1. The third-order valence-corrected chi connectivity index (χ3v) is 4.13. The Morgan fingerprint density at radius 1 is 1.25 bits per heavy atom.